The van der Waals surface area contributed by atoms with Crippen molar-refractivity contribution < 1.29 is 9.53 Å². The van der Waals surface area contributed by atoms with E-state index in [9.17, 15) is 10.1 Å². The number of anilines is 1. The summed E-state index contributed by atoms with van der Waals surface area (Å²) in [5.41, 5.74) is 1.42. The number of amides is 1. The summed E-state index contributed by atoms with van der Waals surface area (Å²) < 4.78 is 4.86. The van der Waals surface area contributed by atoms with Gasteiger partial charge in [0.2, 0.25) is 5.91 Å². The number of rotatable bonds is 9. The molecule has 6 heteroatoms. The van der Waals surface area contributed by atoms with Crippen molar-refractivity contribution in [1.29, 1.82) is 5.26 Å². The molecule has 0 saturated carbocycles. The third-order valence-corrected chi connectivity index (χ3v) is 3.67. The molecule has 0 heterocycles. The number of hydrogen-bond donors (Lipinski definition) is 2. The van der Waals surface area contributed by atoms with Crippen molar-refractivity contribution in [2.24, 2.45) is 0 Å². The molecule has 114 valence electrons. The minimum atomic E-state index is -0.0304. The summed E-state index contributed by atoms with van der Waals surface area (Å²) in [5.74, 6) is 0.886. The fourth-order valence-electron chi connectivity index (χ4n) is 1.76. The number of nitriles is 1. The molecule has 0 atom stereocenters. The molecule has 0 bridgehead atoms. The zero-order valence-electron chi connectivity index (χ0n) is 12.4. The van der Waals surface area contributed by atoms with Gasteiger partial charge in [-0.3, -0.25) is 4.79 Å². The molecule has 0 unspecified atom stereocenters. The number of thioether (sulfide) groups is 1. The normalized spacial score (nSPS) is 9.95. The van der Waals surface area contributed by atoms with Crippen LogP contribution in [0.25, 0.3) is 0 Å². The van der Waals surface area contributed by atoms with Gasteiger partial charge in [-0.2, -0.15) is 5.26 Å². The van der Waals surface area contributed by atoms with E-state index in [-0.39, 0.29) is 5.91 Å². The van der Waals surface area contributed by atoms with Gasteiger partial charge in [-0.05, 0) is 17.9 Å². The van der Waals surface area contributed by atoms with Crippen molar-refractivity contribution >= 4 is 23.4 Å². The van der Waals surface area contributed by atoms with Crippen molar-refractivity contribution in [3.63, 3.8) is 0 Å². The molecule has 21 heavy (non-hydrogen) atoms. The average Bonchev–Trinajstić information content (AvgIpc) is 2.48. The van der Waals surface area contributed by atoms with Crippen LogP contribution in [0, 0.1) is 11.3 Å². The fraction of sp³-hybridized carbons (Fsp3) is 0.467. The van der Waals surface area contributed by atoms with E-state index in [1.807, 2.05) is 18.2 Å². The first kappa shape index (κ1) is 17.3. The second-order valence-electron chi connectivity index (χ2n) is 4.24. The first-order chi connectivity index (χ1) is 10.2. The van der Waals surface area contributed by atoms with Gasteiger partial charge >= 0.3 is 0 Å². The Bertz CT molecular complexity index is 500. The molecular weight excluding hydrogens is 286 g/mol. The lowest BCUT2D eigenvalue weighted by atomic mass is 10.2. The summed E-state index contributed by atoms with van der Waals surface area (Å²) in [5, 5.41) is 15.2. The van der Waals surface area contributed by atoms with Gasteiger partial charge in [-0.25, -0.2) is 0 Å². The molecule has 1 rings (SSSR count). The van der Waals surface area contributed by atoms with E-state index in [1.165, 1.54) is 0 Å². The highest BCUT2D eigenvalue weighted by Crippen LogP contribution is 2.27. The van der Waals surface area contributed by atoms with Crippen LogP contribution in [-0.2, 0) is 9.53 Å². The highest BCUT2D eigenvalue weighted by atomic mass is 32.2. The molecular formula is C15H21N3O2S. The maximum absolute atomic E-state index is 11.6. The van der Waals surface area contributed by atoms with Crippen molar-refractivity contribution in [2.45, 2.75) is 18.2 Å². The smallest absolute Gasteiger partial charge is 0.221 e. The van der Waals surface area contributed by atoms with Crippen LogP contribution in [0.5, 0.6) is 0 Å². The molecule has 0 radical (unpaired) electrons. The number of benzene rings is 1. The quantitative estimate of drug-likeness (QED) is 0.540. The van der Waals surface area contributed by atoms with E-state index < -0.39 is 0 Å². The molecule has 0 spiro atoms. The molecule has 1 amide bonds. The SMILES string of the molecule is CCSc1cccc(NCCC(=O)NCCOC)c1C#N. The number of methoxy groups -OCH3 is 1. The Kier molecular flexibility index (Phi) is 8.32. The van der Waals surface area contributed by atoms with E-state index in [0.29, 0.717) is 31.7 Å². The first-order valence-electron chi connectivity index (χ1n) is 6.88. The molecule has 0 aliphatic heterocycles. The van der Waals surface area contributed by atoms with Crippen LogP contribution in [0.3, 0.4) is 0 Å². The van der Waals surface area contributed by atoms with E-state index in [1.54, 1.807) is 18.9 Å². The first-order valence-corrected chi connectivity index (χ1v) is 7.86. The van der Waals surface area contributed by atoms with Crippen LogP contribution in [0.15, 0.2) is 23.1 Å². The van der Waals surface area contributed by atoms with Gasteiger partial charge in [-0.1, -0.05) is 13.0 Å². The van der Waals surface area contributed by atoms with E-state index >= 15 is 0 Å². The Morgan fingerprint density at radius 2 is 2.24 bits per heavy atom. The summed E-state index contributed by atoms with van der Waals surface area (Å²) in [7, 11) is 1.60. The number of ether oxygens (including phenoxy) is 1. The van der Waals surface area contributed by atoms with Crippen LogP contribution < -0.4 is 10.6 Å². The second kappa shape index (κ2) is 10.1. The lowest BCUT2D eigenvalue weighted by molar-refractivity contribution is -0.121. The van der Waals surface area contributed by atoms with Gasteiger partial charge in [0.05, 0.1) is 17.9 Å². The van der Waals surface area contributed by atoms with E-state index in [2.05, 4.69) is 23.6 Å². The lowest BCUT2D eigenvalue weighted by Gasteiger charge is -2.11. The molecule has 0 aliphatic carbocycles. The Morgan fingerprint density at radius 1 is 1.43 bits per heavy atom. The standard InChI is InChI=1S/C15H21N3O2S/c1-3-21-14-6-4-5-13(12(14)11-16)17-8-7-15(19)18-9-10-20-2/h4-6,17H,3,7-10H2,1-2H3,(H,18,19). The van der Waals surface area contributed by atoms with Gasteiger partial charge in [0.15, 0.2) is 0 Å². The van der Waals surface area contributed by atoms with Crippen molar-refractivity contribution in [1.82, 2.24) is 5.32 Å². The number of hydrogen-bond acceptors (Lipinski definition) is 5. The molecule has 0 fully saturated rings. The van der Waals surface area contributed by atoms with Crippen LogP contribution >= 0.6 is 11.8 Å². The zero-order valence-corrected chi connectivity index (χ0v) is 13.3. The highest BCUT2D eigenvalue weighted by Gasteiger charge is 2.08. The molecule has 1 aromatic carbocycles. The Hall–Kier alpha value is -1.71. The molecule has 2 N–H and O–H groups in total. The van der Waals surface area contributed by atoms with Gasteiger partial charge < -0.3 is 15.4 Å². The molecule has 0 aliphatic rings. The number of nitrogens with one attached hydrogen (secondary N) is 2. The van der Waals surface area contributed by atoms with Gasteiger partial charge in [0.1, 0.15) is 6.07 Å². The van der Waals surface area contributed by atoms with Gasteiger partial charge in [0.25, 0.3) is 0 Å². The lowest BCUT2D eigenvalue weighted by Crippen LogP contribution is -2.28. The fourth-order valence-corrected chi connectivity index (χ4v) is 2.55. The third kappa shape index (κ3) is 6.06. The predicted octanol–water partition coefficient (Wildman–Crippen LogP) is 2.23. The van der Waals surface area contributed by atoms with Gasteiger partial charge in [-0.15, -0.1) is 11.8 Å². The van der Waals surface area contributed by atoms with E-state index in [4.69, 9.17) is 4.74 Å². The second-order valence-corrected chi connectivity index (χ2v) is 5.55. The monoisotopic (exact) mass is 307 g/mol. The van der Waals surface area contributed by atoms with Gasteiger partial charge in [0, 0.05) is 31.5 Å². The number of carbonyl (C=O) groups is 1. The molecule has 0 aromatic heterocycles. The predicted molar refractivity (Wildman–Crippen MR) is 85.5 cm³/mol. The molecule has 1 aromatic rings. The summed E-state index contributed by atoms with van der Waals surface area (Å²) in [6.07, 6.45) is 0.361. The largest absolute Gasteiger partial charge is 0.383 e. The zero-order chi connectivity index (χ0) is 15.5. The average molecular weight is 307 g/mol. The molecule has 5 nitrogen and oxygen atoms in total. The van der Waals surface area contributed by atoms with E-state index in [0.717, 1.165) is 16.3 Å². The van der Waals surface area contributed by atoms with Crippen molar-refractivity contribution in [3.05, 3.63) is 23.8 Å². The van der Waals surface area contributed by atoms with Crippen molar-refractivity contribution in [3.8, 4) is 6.07 Å². The van der Waals surface area contributed by atoms with Crippen LogP contribution in [0.1, 0.15) is 18.9 Å². The van der Waals surface area contributed by atoms with Crippen LogP contribution in [-0.4, -0.2) is 38.5 Å². The third-order valence-electron chi connectivity index (χ3n) is 2.73. The minimum absolute atomic E-state index is 0.0304. The summed E-state index contributed by atoms with van der Waals surface area (Å²) in [6.45, 7) is 3.57. The highest BCUT2D eigenvalue weighted by molar-refractivity contribution is 7.99. The Labute approximate surface area is 130 Å². The van der Waals surface area contributed by atoms with Crippen LogP contribution in [0.4, 0.5) is 5.69 Å². The summed E-state index contributed by atoms with van der Waals surface area (Å²) in [6, 6.07) is 7.95. The maximum atomic E-state index is 11.6. The Balaban J connectivity index is 2.50. The minimum Gasteiger partial charge on any atom is -0.383 e. The number of carbonyl (C=O) groups excluding carboxylic acids is 1. The van der Waals surface area contributed by atoms with Crippen molar-refractivity contribution in [2.75, 3.05) is 37.9 Å². The number of nitrogens with zero attached hydrogens (tertiary/aromatic N) is 1. The summed E-state index contributed by atoms with van der Waals surface area (Å²) >= 11 is 1.64. The summed E-state index contributed by atoms with van der Waals surface area (Å²) in [4.78, 5) is 12.5. The van der Waals surface area contributed by atoms with Crippen LogP contribution in [0.2, 0.25) is 0 Å². The Morgan fingerprint density at radius 3 is 2.90 bits per heavy atom. The topological polar surface area (TPSA) is 74.2 Å². The molecule has 0 saturated heterocycles. The maximum Gasteiger partial charge on any atom is 0.221 e.